The number of nitrogens with zero attached hydrogens (tertiary/aromatic N) is 3. The van der Waals surface area contributed by atoms with Gasteiger partial charge in [-0.15, -0.1) is 0 Å². The van der Waals surface area contributed by atoms with E-state index in [0.29, 0.717) is 28.5 Å². The van der Waals surface area contributed by atoms with Crippen molar-refractivity contribution in [1.82, 2.24) is 14.8 Å². The standard InChI is InChI=1S/C23H25N3O3/c1-16-9-13-25(14-10-16)21-20(18-5-3-4-6-19(18)29-2)22(27)26(23(21)28)15-17-7-11-24-12-8-17/h3-8,11-12,16H,9-10,13-15H2,1-2H3. The number of amides is 2. The van der Waals surface area contributed by atoms with Gasteiger partial charge in [-0.3, -0.25) is 19.5 Å². The number of carbonyl (C=O) groups is 2. The van der Waals surface area contributed by atoms with Crippen molar-refractivity contribution in [3.63, 3.8) is 0 Å². The second-order valence-electron chi connectivity index (χ2n) is 7.65. The highest BCUT2D eigenvalue weighted by molar-refractivity contribution is 6.35. The molecule has 4 rings (SSSR count). The molecular weight excluding hydrogens is 366 g/mol. The van der Waals surface area contributed by atoms with E-state index in [9.17, 15) is 9.59 Å². The molecule has 2 aromatic rings. The number of hydrogen-bond donors (Lipinski definition) is 0. The van der Waals surface area contributed by atoms with Gasteiger partial charge in [0.05, 0.1) is 19.2 Å². The van der Waals surface area contributed by atoms with Crippen LogP contribution in [0, 0.1) is 5.92 Å². The van der Waals surface area contributed by atoms with Gasteiger partial charge >= 0.3 is 0 Å². The van der Waals surface area contributed by atoms with Gasteiger partial charge in [-0.25, -0.2) is 0 Å². The van der Waals surface area contributed by atoms with E-state index in [-0.39, 0.29) is 18.4 Å². The van der Waals surface area contributed by atoms with Crippen LogP contribution in [0.15, 0.2) is 54.5 Å². The smallest absolute Gasteiger partial charge is 0.278 e. The number of para-hydroxylation sites is 1. The summed E-state index contributed by atoms with van der Waals surface area (Å²) in [6.07, 6.45) is 5.35. The first-order chi connectivity index (χ1) is 14.1. The predicted molar refractivity (Wildman–Crippen MR) is 110 cm³/mol. The molecule has 1 fully saturated rings. The SMILES string of the molecule is COc1ccccc1C1=C(N2CCC(C)CC2)C(=O)N(Cc2ccncc2)C1=O. The molecule has 1 aromatic carbocycles. The van der Waals surface area contributed by atoms with E-state index >= 15 is 0 Å². The Bertz CT molecular complexity index is 947. The van der Waals surface area contributed by atoms with Gasteiger partial charge in [0.1, 0.15) is 11.4 Å². The maximum absolute atomic E-state index is 13.5. The number of piperidine rings is 1. The van der Waals surface area contributed by atoms with Crippen LogP contribution in [-0.2, 0) is 16.1 Å². The zero-order valence-electron chi connectivity index (χ0n) is 16.8. The summed E-state index contributed by atoms with van der Waals surface area (Å²) in [4.78, 5) is 34.3. The van der Waals surface area contributed by atoms with E-state index < -0.39 is 0 Å². The molecule has 2 amide bonds. The number of aromatic nitrogens is 1. The molecule has 0 bridgehead atoms. The lowest BCUT2D eigenvalue weighted by Crippen LogP contribution is -2.38. The van der Waals surface area contributed by atoms with Gasteiger partial charge in [-0.2, -0.15) is 0 Å². The average Bonchev–Trinajstić information content (AvgIpc) is 2.99. The van der Waals surface area contributed by atoms with Crippen molar-refractivity contribution in [2.24, 2.45) is 5.92 Å². The van der Waals surface area contributed by atoms with E-state index in [4.69, 9.17) is 4.74 Å². The van der Waals surface area contributed by atoms with E-state index in [1.807, 2.05) is 36.4 Å². The first-order valence-electron chi connectivity index (χ1n) is 9.98. The predicted octanol–water partition coefficient (Wildman–Crippen LogP) is 3.10. The minimum atomic E-state index is -0.273. The Labute approximate surface area is 170 Å². The fourth-order valence-electron chi connectivity index (χ4n) is 4.00. The summed E-state index contributed by atoms with van der Waals surface area (Å²) in [6.45, 7) is 4.01. The molecule has 0 radical (unpaired) electrons. The number of ether oxygens (including phenoxy) is 1. The van der Waals surface area contributed by atoms with E-state index in [1.54, 1.807) is 19.5 Å². The van der Waals surface area contributed by atoms with Gasteiger partial charge in [0, 0.05) is 31.0 Å². The topological polar surface area (TPSA) is 62.7 Å². The third-order valence-electron chi connectivity index (χ3n) is 5.71. The van der Waals surface area contributed by atoms with Crippen LogP contribution in [0.2, 0.25) is 0 Å². The van der Waals surface area contributed by atoms with Crippen LogP contribution < -0.4 is 4.74 Å². The van der Waals surface area contributed by atoms with Gasteiger partial charge in [0.15, 0.2) is 0 Å². The summed E-state index contributed by atoms with van der Waals surface area (Å²) in [5.74, 6) is 0.714. The van der Waals surface area contributed by atoms with Gasteiger partial charge in [0.2, 0.25) is 0 Å². The number of methoxy groups -OCH3 is 1. The number of hydrogen-bond acceptors (Lipinski definition) is 5. The van der Waals surface area contributed by atoms with Crippen LogP contribution in [0.1, 0.15) is 30.9 Å². The molecule has 1 aromatic heterocycles. The lowest BCUT2D eigenvalue weighted by Gasteiger charge is -2.32. The summed E-state index contributed by atoms with van der Waals surface area (Å²) in [5.41, 5.74) is 2.48. The Balaban J connectivity index is 1.77. The van der Waals surface area contributed by atoms with E-state index in [2.05, 4.69) is 16.8 Å². The zero-order chi connectivity index (χ0) is 20.4. The molecule has 150 valence electrons. The van der Waals surface area contributed by atoms with E-state index in [1.165, 1.54) is 4.90 Å². The molecule has 0 saturated carbocycles. The minimum absolute atomic E-state index is 0.229. The highest BCUT2D eigenvalue weighted by Gasteiger charge is 2.42. The van der Waals surface area contributed by atoms with Gasteiger partial charge in [-0.1, -0.05) is 25.1 Å². The molecule has 6 nitrogen and oxygen atoms in total. The Morgan fingerprint density at radius 2 is 1.72 bits per heavy atom. The highest BCUT2D eigenvalue weighted by atomic mass is 16.5. The van der Waals surface area contributed by atoms with Crippen LogP contribution in [0.25, 0.3) is 5.57 Å². The summed E-state index contributed by atoms with van der Waals surface area (Å²) in [5, 5.41) is 0. The highest BCUT2D eigenvalue weighted by Crippen LogP contribution is 2.37. The van der Waals surface area contributed by atoms with Crippen LogP contribution in [0.5, 0.6) is 5.75 Å². The van der Waals surface area contributed by atoms with Crippen LogP contribution in [0.4, 0.5) is 0 Å². The molecule has 1 saturated heterocycles. The first-order valence-corrected chi connectivity index (χ1v) is 9.98. The van der Waals surface area contributed by atoms with Crippen molar-refractivity contribution in [1.29, 1.82) is 0 Å². The fraction of sp³-hybridized carbons (Fsp3) is 0.348. The lowest BCUT2D eigenvalue weighted by molar-refractivity contribution is -0.138. The maximum atomic E-state index is 13.5. The second-order valence-corrected chi connectivity index (χ2v) is 7.65. The Hall–Kier alpha value is -3.15. The number of benzene rings is 1. The molecule has 2 aliphatic rings. The Morgan fingerprint density at radius 3 is 2.41 bits per heavy atom. The average molecular weight is 391 g/mol. The molecule has 0 aliphatic carbocycles. The minimum Gasteiger partial charge on any atom is -0.496 e. The van der Waals surface area contributed by atoms with Crippen molar-refractivity contribution in [3.05, 3.63) is 65.6 Å². The Kier molecular flexibility index (Phi) is 5.34. The van der Waals surface area contributed by atoms with Gasteiger partial charge in [0.25, 0.3) is 11.8 Å². The number of imide groups is 1. The van der Waals surface area contributed by atoms with Crippen molar-refractivity contribution >= 4 is 17.4 Å². The largest absolute Gasteiger partial charge is 0.496 e. The summed E-state index contributed by atoms with van der Waals surface area (Å²) < 4.78 is 5.50. The summed E-state index contributed by atoms with van der Waals surface area (Å²) in [6, 6.07) is 11.0. The van der Waals surface area contributed by atoms with Gasteiger partial charge < -0.3 is 9.64 Å². The first kappa shape index (κ1) is 19.2. The van der Waals surface area contributed by atoms with Crippen molar-refractivity contribution < 1.29 is 14.3 Å². The molecular formula is C23H25N3O3. The molecule has 2 aliphatic heterocycles. The monoisotopic (exact) mass is 391 g/mol. The second kappa shape index (κ2) is 8.07. The summed E-state index contributed by atoms with van der Waals surface area (Å²) in [7, 11) is 1.58. The number of pyridine rings is 1. The fourth-order valence-corrected chi connectivity index (χ4v) is 4.00. The number of carbonyl (C=O) groups excluding carboxylic acids is 2. The van der Waals surface area contributed by atoms with Crippen molar-refractivity contribution in [2.75, 3.05) is 20.2 Å². The molecule has 0 unspecified atom stereocenters. The van der Waals surface area contributed by atoms with Crippen LogP contribution in [0.3, 0.4) is 0 Å². The van der Waals surface area contributed by atoms with Gasteiger partial charge in [-0.05, 0) is 42.5 Å². The third-order valence-corrected chi connectivity index (χ3v) is 5.71. The molecule has 0 N–H and O–H groups in total. The third kappa shape index (κ3) is 3.62. The zero-order valence-corrected chi connectivity index (χ0v) is 16.8. The van der Waals surface area contributed by atoms with Crippen molar-refractivity contribution in [3.8, 4) is 5.75 Å². The van der Waals surface area contributed by atoms with Crippen LogP contribution in [-0.4, -0.2) is 46.8 Å². The van der Waals surface area contributed by atoms with Crippen molar-refractivity contribution in [2.45, 2.75) is 26.3 Å². The lowest BCUT2D eigenvalue weighted by atomic mass is 9.97. The van der Waals surface area contributed by atoms with E-state index in [0.717, 1.165) is 31.5 Å². The van der Waals surface area contributed by atoms with Crippen LogP contribution >= 0.6 is 0 Å². The molecule has 3 heterocycles. The number of likely N-dealkylation sites (tertiary alicyclic amines) is 1. The summed E-state index contributed by atoms with van der Waals surface area (Å²) >= 11 is 0. The molecule has 6 heteroatoms. The Morgan fingerprint density at radius 1 is 1.03 bits per heavy atom. The normalized spacial score (nSPS) is 18.0. The molecule has 0 spiro atoms. The number of rotatable bonds is 5. The maximum Gasteiger partial charge on any atom is 0.278 e. The molecule has 29 heavy (non-hydrogen) atoms. The molecule has 0 atom stereocenters. The quantitative estimate of drug-likeness (QED) is 0.733.